The highest BCUT2D eigenvalue weighted by molar-refractivity contribution is 7.09. The molecule has 3 aliphatic rings. The molecule has 2 saturated heterocycles. The lowest BCUT2D eigenvalue weighted by atomic mass is 9.58. The van der Waals surface area contributed by atoms with Gasteiger partial charge in [-0.3, -0.25) is 14.5 Å². The fraction of sp³-hybridized carbons (Fsp3) is 0.467. The van der Waals surface area contributed by atoms with Crippen molar-refractivity contribution in [3.63, 3.8) is 0 Å². The number of phenols is 1. The number of carbonyl (C=O) groups excluding carboxylic acids is 2. The minimum absolute atomic E-state index is 0.0964. The number of phenolic OH excluding ortho intramolecular Hbond substituents is 1. The molecule has 1 aromatic heterocycles. The molecule has 0 unspecified atom stereocenters. The summed E-state index contributed by atoms with van der Waals surface area (Å²) >= 11 is 1.54. The summed E-state index contributed by atoms with van der Waals surface area (Å²) in [5, 5.41) is 22.2. The van der Waals surface area contributed by atoms with Gasteiger partial charge in [-0.25, -0.2) is 4.39 Å². The summed E-state index contributed by atoms with van der Waals surface area (Å²) < 4.78 is 20.0. The van der Waals surface area contributed by atoms with Crippen LogP contribution in [0.25, 0.3) is 6.08 Å². The molecule has 0 saturated carbocycles. The Morgan fingerprint density at radius 2 is 2.05 bits per heavy atom. The number of thiophene rings is 1. The summed E-state index contributed by atoms with van der Waals surface area (Å²) in [5.41, 5.74) is 4.08. The molecule has 5 rings (SSSR count). The third-order valence-corrected chi connectivity index (χ3v) is 9.23. The number of hydrogen-bond donors (Lipinski definition) is 2. The zero-order valence-electron chi connectivity index (χ0n) is 22.4. The number of fused-ring (bicyclic) bond motifs is 3. The van der Waals surface area contributed by atoms with Gasteiger partial charge in [-0.2, -0.15) is 0 Å². The fourth-order valence-electron chi connectivity index (χ4n) is 6.60. The molecule has 2 N–H and O–H groups in total. The number of likely N-dealkylation sites (tertiary alicyclic amines) is 1. The first-order valence-electron chi connectivity index (χ1n) is 13.9. The molecule has 2 aliphatic heterocycles. The van der Waals surface area contributed by atoms with Crippen LogP contribution in [0.2, 0.25) is 6.32 Å². The molecule has 3 heterocycles. The molecular weight excluding hydrogens is 516 g/mol. The summed E-state index contributed by atoms with van der Waals surface area (Å²) in [6.45, 7) is 4.46. The van der Waals surface area contributed by atoms with E-state index in [9.17, 15) is 24.1 Å². The van der Waals surface area contributed by atoms with Crippen LogP contribution in [0.5, 0.6) is 5.75 Å². The molecule has 206 valence electrons. The van der Waals surface area contributed by atoms with Gasteiger partial charge in [0.15, 0.2) is 11.6 Å². The van der Waals surface area contributed by atoms with Crippen LogP contribution in [0.3, 0.4) is 0 Å². The van der Waals surface area contributed by atoms with Crippen molar-refractivity contribution in [2.45, 2.75) is 71.3 Å². The van der Waals surface area contributed by atoms with E-state index in [1.54, 1.807) is 6.07 Å². The minimum atomic E-state index is -1.00. The number of allylic oxidation sites excluding steroid dienone is 2. The summed E-state index contributed by atoms with van der Waals surface area (Å²) in [4.78, 5) is 29.6. The highest BCUT2D eigenvalue weighted by atomic mass is 32.1. The van der Waals surface area contributed by atoms with Gasteiger partial charge in [0, 0.05) is 4.88 Å². The number of amides is 2. The van der Waals surface area contributed by atoms with E-state index >= 15 is 0 Å². The number of halogens is 1. The molecule has 2 fully saturated rings. The maximum atomic E-state index is 13.9. The van der Waals surface area contributed by atoms with E-state index in [-0.39, 0.29) is 35.5 Å². The van der Waals surface area contributed by atoms with Crippen molar-refractivity contribution in [2.75, 3.05) is 0 Å². The van der Waals surface area contributed by atoms with E-state index in [1.165, 1.54) is 33.9 Å². The second-order valence-electron chi connectivity index (χ2n) is 10.8. The van der Waals surface area contributed by atoms with Crippen molar-refractivity contribution in [3.05, 3.63) is 68.7 Å². The van der Waals surface area contributed by atoms with Crippen LogP contribution in [-0.2, 0) is 20.8 Å². The highest BCUT2D eigenvalue weighted by Crippen LogP contribution is 2.51. The zero-order chi connectivity index (χ0) is 27.7. The number of nitrogens with zero attached hydrogens (tertiary/aromatic N) is 1. The van der Waals surface area contributed by atoms with Gasteiger partial charge < -0.3 is 14.8 Å². The Hall–Kier alpha value is -2.75. The van der Waals surface area contributed by atoms with Gasteiger partial charge in [0.25, 0.3) is 0 Å². The molecule has 1 aliphatic carbocycles. The van der Waals surface area contributed by atoms with Crippen LogP contribution in [0.1, 0.15) is 62.8 Å². The predicted molar refractivity (Wildman–Crippen MR) is 150 cm³/mol. The van der Waals surface area contributed by atoms with Crippen LogP contribution in [-0.4, -0.2) is 40.1 Å². The predicted octanol–water partition coefficient (Wildman–Crippen LogP) is 5.96. The number of carbonyl (C=O) groups is 2. The second-order valence-corrected chi connectivity index (χ2v) is 11.8. The summed E-state index contributed by atoms with van der Waals surface area (Å²) in [7, 11) is -1.00. The lowest BCUT2D eigenvalue weighted by molar-refractivity contribution is -0.140. The minimum Gasteiger partial charge on any atom is -0.505 e. The Labute approximate surface area is 233 Å². The van der Waals surface area contributed by atoms with Crippen molar-refractivity contribution in [1.29, 1.82) is 0 Å². The Morgan fingerprint density at radius 1 is 1.23 bits per heavy atom. The summed E-state index contributed by atoms with van der Waals surface area (Å²) in [5.74, 6) is -2.32. The van der Waals surface area contributed by atoms with Gasteiger partial charge in [0.1, 0.15) is 0 Å². The zero-order valence-corrected chi connectivity index (χ0v) is 23.3. The maximum Gasteiger partial charge on any atom is 0.455 e. The van der Waals surface area contributed by atoms with E-state index in [2.05, 4.69) is 6.92 Å². The molecule has 2 amide bonds. The van der Waals surface area contributed by atoms with Crippen molar-refractivity contribution < 1.29 is 28.8 Å². The fourth-order valence-corrected chi connectivity index (χ4v) is 7.29. The van der Waals surface area contributed by atoms with Gasteiger partial charge in [-0.05, 0) is 79.1 Å². The molecule has 1 aromatic carbocycles. The molecule has 9 heteroatoms. The van der Waals surface area contributed by atoms with Crippen LogP contribution in [0, 0.1) is 23.6 Å². The normalized spacial score (nSPS) is 25.4. The van der Waals surface area contributed by atoms with E-state index in [4.69, 9.17) is 4.65 Å². The number of imide groups is 1. The number of rotatable bonds is 9. The Morgan fingerprint density at radius 3 is 2.74 bits per heavy atom. The molecule has 0 spiro atoms. The second kappa shape index (κ2) is 11.8. The van der Waals surface area contributed by atoms with Crippen LogP contribution < -0.4 is 0 Å². The monoisotopic (exact) mass is 551 g/mol. The molecule has 2 aromatic rings. The highest BCUT2D eigenvalue weighted by Gasteiger charge is 2.57. The average Bonchev–Trinajstić information content (AvgIpc) is 3.51. The third-order valence-electron chi connectivity index (χ3n) is 8.37. The summed E-state index contributed by atoms with van der Waals surface area (Å²) in [6, 6.07) is 8.21. The lowest BCUT2D eigenvalue weighted by Gasteiger charge is -2.43. The van der Waals surface area contributed by atoms with Crippen LogP contribution >= 0.6 is 11.3 Å². The average molecular weight is 551 g/mol. The van der Waals surface area contributed by atoms with E-state index in [1.807, 2.05) is 30.5 Å². The van der Waals surface area contributed by atoms with Gasteiger partial charge in [0.2, 0.25) is 11.8 Å². The largest absolute Gasteiger partial charge is 0.505 e. The number of hydrogen-bond acceptors (Lipinski definition) is 6. The van der Waals surface area contributed by atoms with Gasteiger partial charge in [-0.15, -0.1) is 11.3 Å². The van der Waals surface area contributed by atoms with E-state index < -0.39 is 18.9 Å². The number of benzene rings is 1. The van der Waals surface area contributed by atoms with Crippen LogP contribution in [0.4, 0.5) is 4.39 Å². The van der Waals surface area contributed by atoms with Crippen molar-refractivity contribution in [3.8, 4) is 5.75 Å². The Bertz CT molecular complexity index is 1290. The van der Waals surface area contributed by atoms with Crippen molar-refractivity contribution in [2.24, 2.45) is 17.8 Å². The quantitative estimate of drug-likeness (QED) is 0.228. The molecular formula is C30H35BFNO5S. The first-order chi connectivity index (χ1) is 18.8. The molecule has 4 atom stereocenters. The first-order valence-corrected chi connectivity index (χ1v) is 14.8. The first kappa shape index (κ1) is 27.8. The SMILES string of the molecule is CCCC1=C2[C@@H](CC/C(=C/c3ccc(O)c(F)c3)CC)OB(O)C[C@@H]2[C@@H]2C(=O)N(Cc3cccs3)C(=O)[C@@H]2C1. The molecule has 39 heavy (non-hydrogen) atoms. The standard InChI is InChI=1S/C30H35BFNO5S/c1-3-6-20-15-22-28(30(36)33(29(22)35)17-21-7-5-12-39-21)23-16-31(37)38-26(27(20)23)11-9-18(4-2)13-19-8-10-25(34)24(32)14-19/h5,7-8,10,12-14,22-23,26,28,34,37H,3-4,6,9,11,15-17H2,1-2H3/b18-13+/t22-,23+,26-,28-/m1/s1. The topological polar surface area (TPSA) is 87.1 Å². The Kier molecular flexibility index (Phi) is 8.40. The van der Waals surface area contributed by atoms with Crippen LogP contribution in [0.15, 0.2) is 52.4 Å². The molecule has 6 nitrogen and oxygen atoms in total. The van der Waals surface area contributed by atoms with E-state index in [0.717, 1.165) is 35.3 Å². The van der Waals surface area contributed by atoms with Crippen molar-refractivity contribution >= 4 is 36.3 Å². The molecule has 0 radical (unpaired) electrons. The maximum absolute atomic E-state index is 13.9. The third kappa shape index (κ3) is 5.62. The van der Waals surface area contributed by atoms with Gasteiger partial charge >= 0.3 is 7.12 Å². The number of aromatic hydroxyl groups is 1. The smallest absolute Gasteiger partial charge is 0.455 e. The van der Waals surface area contributed by atoms with Gasteiger partial charge in [0.05, 0.1) is 24.5 Å². The molecule has 0 bridgehead atoms. The van der Waals surface area contributed by atoms with Gasteiger partial charge in [-0.1, -0.05) is 49.6 Å². The van der Waals surface area contributed by atoms with Crippen molar-refractivity contribution in [1.82, 2.24) is 4.90 Å². The Balaban J connectivity index is 1.40. The van der Waals surface area contributed by atoms with E-state index in [0.29, 0.717) is 37.7 Å². The summed E-state index contributed by atoms with van der Waals surface area (Å²) in [6.07, 6.45) is 6.28. The lowest BCUT2D eigenvalue weighted by Crippen LogP contribution is -2.46.